The Hall–Kier alpha value is -1.89. The van der Waals surface area contributed by atoms with Crippen molar-refractivity contribution in [3.05, 3.63) is 42.9 Å². The Balaban J connectivity index is 2.66. The van der Waals surface area contributed by atoms with E-state index in [1.807, 2.05) is 0 Å². The topological polar surface area (TPSA) is 86.0 Å². The Labute approximate surface area is 116 Å². The quantitative estimate of drug-likeness (QED) is 0.806. The van der Waals surface area contributed by atoms with E-state index in [1.165, 1.54) is 11.8 Å². The first-order valence-electron chi connectivity index (χ1n) is 5.55. The van der Waals surface area contributed by atoms with Gasteiger partial charge >= 0.3 is 11.1 Å². The number of carbonyl (C=O) groups excluding carboxylic acids is 1. The number of halogens is 1. The molecule has 0 saturated carbocycles. The maximum atomic E-state index is 11.4. The molecule has 0 atom stereocenters. The number of carbonyl (C=O) groups is 1. The Morgan fingerprint density at radius 2 is 1.89 bits per heavy atom. The summed E-state index contributed by atoms with van der Waals surface area (Å²) in [6, 6.07) is 3.50. The summed E-state index contributed by atoms with van der Waals surface area (Å²) in [6.45, 7) is 1.80. The molecule has 0 aliphatic rings. The number of hydrogen-bond acceptors (Lipinski definition) is 3. The Morgan fingerprint density at radius 3 is 2.53 bits per heavy atom. The first-order chi connectivity index (χ1) is 8.88. The van der Waals surface area contributed by atoms with Crippen LogP contribution >= 0.6 is 15.9 Å². The number of H-pyrrole nitrogens is 2. The van der Waals surface area contributed by atoms with Gasteiger partial charge in [-0.2, -0.15) is 0 Å². The van der Waals surface area contributed by atoms with Crippen LogP contribution in [0.4, 0.5) is 0 Å². The largest absolute Gasteiger partial charge is 0.342 e. The van der Waals surface area contributed by atoms with Gasteiger partial charge in [-0.1, -0.05) is 15.9 Å². The van der Waals surface area contributed by atoms with Crippen molar-refractivity contribution in [3.8, 4) is 0 Å². The fourth-order valence-electron chi connectivity index (χ4n) is 1.75. The van der Waals surface area contributed by atoms with E-state index in [9.17, 15) is 14.4 Å². The van der Waals surface area contributed by atoms with Crippen molar-refractivity contribution >= 4 is 32.9 Å². The van der Waals surface area contributed by atoms with Gasteiger partial charge in [0.05, 0.1) is 11.0 Å². The molecule has 0 saturated heterocycles. The molecule has 0 aliphatic heterocycles. The van der Waals surface area contributed by atoms with E-state index in [0.717, 1.165) is 10.0 Å². The molecular weight excluding hydrogens is 314 g/mol. The van der Waals surface area contributed by atoms with Crippen molar-refractivity contribution in [1.29, 1.82) is 0 Å². The summed E-state index contributed by atoms with van der Waals surface area (Å²) in [5, 5.41) is 0. The number of benzene rings is 1. The number of aromatic amines is 2. The third kappa shape index (κ3) is 2.76. The van der Waals surface area contributed by atoms with E-state index < -0.39 is 11.1 Å². The summed E-state index contributed by atoms with van der Waals surface area (Å²) in [7, 11) is 1.67. The monoisotopic (exact) mass is 325 g/mol. The third-order valence-electron chi connectivity index (χ3n) is 2.82. The van der Waals surface area contributed by atoms with Crippen molar-refractivity contribution < 1.29 is 4.79 Å². The first kappa shape index (κ1) is 13.5. The maximum Gasteiger partial charge on any atom is 0.314 e. The minimum Gasteiger partial charge on any atom is -0.342 e. The fraction of sp³-hybridized carbons (Fsp3) is 0.250. The summed E-state index contributed by atoms with van der Waals surface area (Å²) in [5.41, 5.74) is 0.389. The Bertz CT molecular complexity index is 763. The summed E-state index contributed by atoms with van der Waals surface area (Å²) < 4.78 is 0.759. The highest BCUT2D eigenvalue weighted by atomic mass is 79.9. The van der Waals surface area contributed by atoms with Gasteiger partial charge < -0.3 is 14.9 Å². The number of hydrogen-bond donors (Lipinski definition) is 2. The molecule has 0 radical (unpaired) electrons. The molecule has 2 aromatic rings. The van der Waals surface area contributed by atoms with Crippen LogP contribution in [0, 0.1) is 0 Å². The zero-order valence-electron chi connectivity index (χ0n) is 10.4. The molecule has 1 aromatic carbocycles. The van der Waals surface area contributed by atoms with Crippen LogP contribution < -0.4 is 11.1 Å². The van der Waals surface area contributed by atoms with Gasteiger partial charge in [0.25, 0.3) is 0 Å². The molecule has 0 bridgehead atoms. The van der Waals surface area contributed by atoms with Crippen molar-refractivity contribution in [2.45, 2.75) is 13.5 Å². The van der Waals surface area contributed by atoms with Gasteiger partial charge in [0.15, 0.2) is 0 Å². The summed E-state index contributed by atoms with van der Waals surface area (Å²) in [6.07, 6.45) is 0. The number of fused-ring (bicyclic) bond motifs is 1. The normalized spacial score (nSPS) is 10.7. The molecule has 2 N–H and O–H groups in total. The van der Waals surface area contributed by atoms with Crippen LogP contribution in [0.2, 0.25) is 0 Å². The molecular formula is C12H12BrN3O3. The molecule has 6 nitrogen and oxygen atoms in total. The molecule has 1 amide bonds. The number of rotatable bonds is 2. The van der Waals surface area contributed by atoms with E-state index in [2.05, 4.69) is 25.9 Å². The van der Waals surface area contributed by atoms with Crippen LogP contribution in [0.15, 0.2) is 26.2 Å². The van der Waals surface area contributed by atoms with Crippen LogP contribution in [-0.2, 0) is 11.3 Å². The highest BCUT2D eigenvalue weighted by molar-refractivity contribution is 9.10. The number of nitrogens with zero attached hydrogens (tertiary/aromatic N) is 1. The second-order valence-corrected chi connectivity index (χ2v) is 5.19. The van der Waals surface area contributed by atoms with Crippen LogP contribution in [0.25, 0.3) is 11.0 Å². The molecule has 19 heavy (non-hydrogen) atoms. The first-order valence-corrected chi connectivity index (χ1v) is 6.34. The molecule has 0 unspecified atom stereocenters. The maximum absolute atomic E-state index is 11.4. The van der Waals surface area contributed by atoms with Crippen molar-refractivity contribution in [3.63, 3.8) is 0 Å². The zero-order chi connectivity index (χ0) is 14.2. The summed E-state index contributed by atoms with van der Waals surface area (Å²) >= 11 is 3.34. The Kier molecular flexibility index (Phi) is 3.57. The number of nitrogens with one attached hydrogen (secondary N) is 2. The standard InChI is InChI=1S/C12H12BrN3O3/c1-6(17)16(2)5-7-3-8(13)4-9-10(7)15-12(19)11(18)14-9/h3-4H,5H2,1-2H3,(H,14,18)(H,15,19). The fourth-order valence-corrected chi connectivity index (χ4v) is 2.26. The highest BCUT2D eigenvalue weighted by Gasteiger charge is 2.10. The number of aromatic nitrogens is 2. The minimum atomic E-state index is -0.707. The smallest absolute Gasteiger partial charge is 0.314 e. The summed E-state index contributed by atoms with van der Waals surface area (Å²) in [5.74, 6) is -0.0834. The molecule has 2 rings (SSSR count). The van der Waals surface area contributed by atoms with Gasteiger partial charge in [-0.3, -0.25) is 14.4 Å². The SMILES string of the molecule is CC(=O)N(C)Cc1cc(Br)cc2[nH]c(=O)c(=O)[nH]c12. The molecule has 0 spiro atoms. The molecule has 7 heteroatoms. The van der Waals surface area contributed by atoms with Crippen LogP contribution in [0.5, 0.6) is 0 Å². The van der Waals surface area contributed by atoms with Gasteiger partial charge in [0, 0.05) is 25.0 Å². The average molecular weight is 326 g/mol. The highest BCUT2D eigenvalue weighted by Crippen LogP contribution is 2.21. The van der Waals surface area contributed by atoms with Gasteiger partial charge in [-0.25, -0.2) is 0 Å². The predicted molar refractivity (Wildman–Crippen MR) is 75.0 cm³/mol. The average Bonchev–Trinajstić information content (AvgIpc) is 2.31. The van der Waals surface area contributed by atoms with Gasteiger partial charge in [0.2, 0.25) is 5.91 Å². The minimum absolute atomic E-state index is 0.0834. The molecule has 0 fully saturated rings. The lowest BCUT2D eigenvalue weighted by Gasteiger charge is -2.16. The van der Waals surface area contributed by atoms with E-state index >= 15 is 0 Å². The van der Waals surface area contributed by atoms with Gasteiger partial charge in [-0.05, 0) is 17.7 Å². The summed E-state index contributed by atoms with van der Waals surface area (Å²) in [4.78, 5) is 40.5. The van der Waals surface area contributed by atoms with Gasteiger partial charge in [0.1, 0.15) is 0 Å². The van der Waals surface area contributed by atoms with Crippen LogP contribution in [0.3, 0.4) is 0 Å². The van der Waals surface area contributed by atoms with E-state index in [4.69, 9.17) is 0 Å². The third-order valence-corrected chi connectivity index (χ3v) is 3.28. The van der Waals surface area contributed by atoms with Crippen molar-refractivity contribution in [2.75, 3.05) is 7.05 Å². The van der Waals surface area contributed by atoms with E-state index in [1.54, 1.807) is 19.2 Å². The lowest BCUT2D eigenvalue weighted by Crippen LogP contribution is -2.30. The lowest BCUT2D eigenvalue weighted by molar-refractivity contribution is -0.128. The molecule has 100 valence electrons. The van der Waals surface area contributed by atoms with Crippen LogP contribution in [0.1, 0.15) is 12.5 Å². The second kappa shape index (κ2) is 5.00. The molecule has 1 aromatic heterocycles. The Morgan fingerprint density at radius 1 is 1.26 bits per heavy atom. The second-order valence-electron chi connectivity index (χ2n) is 4.27. The van der Waals surface area contributed by atoms with Crippen molar-refractivity contribution in [2.24, 2.45) is 0 Å². The molecule has 1 heterocycles. The number of amides is 1. The van der Waals surface area contributed by atoms with E-state index in [-0.39, 0.29) is 5.91 Å². The van der Waals surface area contributed by atoms with Gasteiger partial charge in [-0.15, -0.1) is 0 Å². The van der Waals surface area contributed by atoms with Crippen molar-refractivity contribution in [1.82, 2.24) is 14.9 Å². The predicted octanol–water partition coefficient (Wildman–Crippen LogP) is 0.957. The van der Waals surface area contributed by atoms with Crippen LogP contribution in [-0.4, -0.2) is 27.8 Å². The zero-order valence-corrected chi connectivity index (χ0v) is 12.0. The molecule has 0 aliphatic carbocycles. The lowest BCUT2D eigenvalue weighted by atomic mass is 10.1. The van der Waals surface area contributed by atoms with E-state index in [0.29, 0.717) is 17.6 Å².